The monoisotopic (exact) mass is 361 g/mol. The quantitative estimate of drug-likeness (QED) is 0.829. The van der Waals surface area contributed by atoms with Crippen LogP contribution in [0.2, 0.25) is 5.02 Å². The summed E-state index contributed by atoms with van der Waals surface area (Å²) in [7, 11) is 0. The van der Waals surface area contributed by atoms with Crippen LogP contribution in [0.15, 0.2) is 42.5 Å². The number of amides is 1. The molecule has 1 aliphatic heterocycles. The van der Waals surface area contributed by atoms with Gasteiger partial charge in [0.25, 0.3) is 5.91 Å². The Morgan fingerprint density at radius 3 is 2.64 bits per heavy atom. The molecule has 0 radical (unpaired) electrons. The van der Waals surface area contributed by atoms with Crippen LogP contribution in [0.5, 0.6) is 11.5 Å². The molecule has 6 nitrogen and oxygen atoms in total. The highest BCUT2D eigenvalue weighted by Crippen LogP contribution is 2.32. The highest BCUT2D eigenvalue weighted by molar-refractivity contribution is 6.31. The Morgan fingerprint density at radius 1 is 1.08 bits per heavy atom. The van der Waals surface area contributed by atoms with Gasteiger partial charge in [-0.25, -0.2) is 0 Å². The number of nitrogens with one attached hydrogen (secondary N) is 1. The van der Waals surface area contributed by atoms with Crippen molar-refractivity contribution in [3.63, 3.8) is 0 Å². The summed E-state index contributed by atoms with van der Waals surface area (Å²) in [6.45, 7) is 0.585. The fourth-order valence-corrected chi connectivity index (χ4v) is 2.52. The lowest BCUT2D eigenvalue weighted by Gasteiger charge is -2.19. The van der Waals surface area contributed by atoms with Gasteiger partial charge in [-0.05, 0) is 23.8 Å². The van der Waals surface area contributed by atoms with Crippen LogP contribution >= 0.6 is 11.6 Å². The number of hydrogen-bond donors (Lipinski definition) is 1. The summed E-state index contributed by atoms with van der Waals surface area (Å²) in [5.41, 5.74) is 1.19. The Bertz CT molecular complexity index is 793. The molecule has 130 valence electrons. The lowest BCUT2D eigenvalue weighted by molar-refractivity contribution is -0.146. The van der Waals surface area contributed by atoms with E-state index < -0.39 is 11.9 Å². The maximum Gasteiger partial charge on any atom is 0.310 e. The minimum atomic E-state index is -0.523. The lowest BCUT2D eigenvalue weighted by atomic mass is 10.1. The summed E-state index contributed by atoms with van der Waals surface area (Å²) >= 11 is 5.99. The van der Waals surface area contributed by atoms with E-state index in [9.17, 15) is 9.59 Å². The first-order chi connectivity index (χ1) is 12.1. The number of esters is 1. The standard InChI is InChI=1S/C18H16ClNO5/c19-14-4-2-1-3-12(14)9-18(22)25-11-17(21)20-13-5-6-15-16(10-13)24-8-7-23-15/h1-6,10H,7-9,11H2,(H,20,21). The van der Waals surface area contributed by atoms with Crippen LogP contribution in [0.3, 0.4) is 0 Å². The SMILES string of the molecule is O=C(COC(=O)Cc1ccccc1Cl)Nc1ccc2c(c1)OCCO2. The molecule has 0 aromatic heterocycles. The topological polar surface area (TPSA) is 73.9 Å². The number of benzene rings is 2. The molecule has 25 heavy (non-hydrogen) atoms. The predicted molar refractivity (Wildman–Crippen MR) is 92.2 cm³/mol. The Labute approximate surface area is 149 Å². The normalized spacial score (nSPS) is 12.4. The molecule has 0 atom stereocenters. The Kier molecular flexibility index (Phi) is 5.40. The molecule has 0 fully saturated rings. The van der Waals surface area contributed by atoms with Gasteiger partial charge < -0.3 is 19.5 Å². The molecule has 0 spiro atoms. The molecule has 1 heterocycles. The fraction of sp³-hybridized carbons (Fsp3) is 0.222. The van der Waals surface area contributed by atoms with Crippen molar-refractivity contribution >= 4 is 29.2 Å². The zero-order chi connectivity index (χ0) is 17.6. The van der Waals surface area contributed by atoms with Gasteiger partial charge in [0.1, 0.15) is 13.2 Å². The maximum atomic E-state index is 11.9. The van der Waals surface area contributed by atoms with Crippen LogP contribution in [0.1, 0.15) is 5.56 Å². The number of carbonyl (C=O) groups excluding carboxylic acids is 2. The second-order valence-corrected chi connectivity index (χ2v) is 5.74. The van der Waals surface area contributed by atoms with Crippen LogP contribution in [-0.4, -0.2) is 31.7 Å². The average Bonchev–Trinajstić information content (AvgIpc) is 2.62. The summed E-state index contributed by atoms with van der Waals surface area (Å²) in [4.78, 5) is 23.7. The number of fused-ring (bicyclic) bond motifs is 1. The highest BCUT2D eigenvalue weighted by atomic mass is 35.5. The molecule has 0 saturated carbocycles. The molecule has 2 aromatic rings. The van der Waals surface area contributed by atoms with Gasteiger partial charge in [-0.3, -0.25) is 9.59 Å². The summed E-state index contributed by atoms with van der Waals surface area (Å²) in [5, 5.41) is 3.13. The molecule has 0 unspecified atom stereocenters. The summed E-state index contributed by atoms with van der Waals surface area (Å²) < 4.78 is 15.8. The van der Waals surface area contributed by atoms with Gasteiger partial charge in [0.05, 0.1) is 6.42 Å². The number of anilines is 1. The lowest BCUT2D eigenvalue weighted by Crippen LogP contribution is -2.22. The Morgan fingerprint density at radius 2 is 1.84 bits per heavy atom. The number of hydrogen-bond acceptors (Lipinski definition) is 5. The van der Waals surface area contributed by atoms with Gasteiger partial charge >= 0.3 is 5.97 Å². The van der Waals surface area contributed by atoms with Crippen LogP contribution in [0, 0.1) is 0 Å². The van der Waals surface area contributed by atoms with E-state index in [1.807, 2.05) is 0 Å². The summed E-state index contributed by atoms with van der Waals surface area (Å²) in [5.74, 6) is 0.241. The number of rotatable bonds is 5. The second-order valence-electron chi connectivity index (χ2n) is 5.34. The maximum absolute atomic E-state index is 11.9. The molecule has 0 aliphatic carbocycles. The molecule has 2 aromatic carbocycles. The van der Waals surface area contributed by atoms with Crippen LogP contribution in [0.25, 0.3) is 0 Å². The largest absolute Gasteiger partial charge is 0.486 e. The first-order valence-corrected chi connectivity index (χ1v) is 8.08. The van der Waals surface area contributed by atoms with Crippen molar-refractivity contribution < 1.29 is 23.8 Å². The third-order valence-corrected chi connectivity index (χ3v) is 3.85. The summed E-state index contributed by atoms with van der Waals surface area (Å²) in [6.07, 6.45) is 0.0109. The van der Waals surface area contributed by atoms with Crippen molar-refractivity contribution in [3.8, 4) is 11.5 Å². The average molecular weight is 362 g/mol. The van der Waals surface area contributed by atoms with Crippen molar-refractivity contribution in [2.24, 2.45) is 0 Å². The van der Waals surface area contributed by atoms with E-state index in [0.717, 1.165) is 0 Å². The molecule has 7 heteroatoms. The number of ether oxygens (including phenoxy) is 3. The molecular formula is C18H16ClNO5. The van der Waals surface area contributed by atoms with E-state index in [2.05, 4.69) is 5.32 Å². The molecule has 1 amide bonds. The van der Waals surface area contributed by atoms with Gasteiger partial charge in [0, 0.05) is 16.8 Å². The van der Waals surface area contributed by atoms with Crippen LogP contribution < -0.4 is 14.8 Å². The van der Waals surface area contributed by atoms with Crippen LogP contribution in [-0.2, 0) is 20.7 Å². The minimum absolute atomic E-state index is 0.0109. The molecule has 1 N–H and O–H groups in total. The van der Waals surface area contributed by atoms with E-state index in [1.54, 1.807) is 42.5 Å². The zero-order valence-electron chi connectivity index (χ0n) is 13.3. The smallest absolute Gasteiger partial charge is 0.310 e. The van der Waals surface area contributed by atoms with Crippen molar-refractivity contribution in [1.82, 2.24) is 0 Å². The van der Waals surface area contributed by atoms with Crippen molar-refractivity contribution in [2.45, 2.75) is 6.42 Å². The second kappa shape index (κ2) is 7.90. The van der Waals surface area contributed by atoms with E-state index in [-0.39, 0.29) is 13.0 Å². The zero-order valence-corrected chi connectivity index (χ0v) is 14.0. The molecule has 1 aliphatic rings. The van der Waals surface area contributed by atoms with Crippen molar-refractivity contribution in [1.29, 1.82) is 0 Å². The van der Waals surface area contributed by atoms with E-state index in [1.165, 1.54) is 0 Å². The van der Waals surface area contributed by atoms with Crippen molar-refractivity contribution in [2.75, 3.05) is 25.1 Å². The summed E-state index contributed by atoms with van der Waals surface area (Å²) in [6, 6.07) is 12.1. The molecule has 0 bridgehead atoms. The molecule has 3 rings (SSSR count). The molecule has 0 saturated heterocycles. The first kappa shape index (κ1) is 17.1. The predicted octanol–water partition coefficient (Wildman–Crippen LogP) is 2.84. The van der Waals surface area contributed by atoms with Gasteiger partial charge in [0.2, 0.25) is 0 Å². The van der Waals surface area contributed by atoms with Gasteiger partial charge in [-0.1, -0.05) is 29.8 Å². The Hall–Kier alpha value is -2.73. The Balaban J connectivity index is 1.49. The third-order valence-electron chi connectivity index (χ3n) is 3.48. The minimum Gasteiger partial charge on any atom is -0.486 e. The van der Waals surface area contributed by atoms with E-state index in [4.69, 9.17) is 25.8 Å². The first-order valence-electron chi connectivity index (χ1n) is 7.70. The fourth-order valence-electron chi connectivity index (χ4n) is 2.31. The van der Waals surface area contributed by atoms with Crippen LogP contribution in [0.4, 0.5) is 5.69 Å². The van der Waals surface area contributed by atoms with Gasteiger partial charge in [-0.2, -0.15) is 0 Å². The van der Waals surface area contributed by atoms with Gasteiger partial charge in [0.15, 0.2) is 18.1 Å². The van der Waals surface area contributed by atoms with E-state index in [0.29, 0.717) is 41.0 Å². The highest BCUT2D eigenvalue weighted by Gasteiger charge is 2.14. The molecular weight excluding hydrogens is 346 g/mol. The number of carbonyl (C=O) groups is 2. The number of halogens is 1. The van der Waals surface area contributed by atoms with Crippen molar-refractivity contribution in [3.05, 3.63) is 53.1 Å². The van der Waals surface area contributed by atoms with E-state index >= 15 is 0 Å². The van der Waals surface area contributed by atoms with Gasteiger partial charge in [-0.15, -0.1) is 0 Å². The third kappa shape index (κ3) is 4.64.